The third-order valence-electron chi connectivity index (χ3n) is 2.43. The lowest BCUT2D eigenvalue weighted by molar-refractivity contribution is -0.170. The fourth-order valence-electron chi connectivity index (χ4n) is 1.12. The van der Waals surface area contributed by atoms with Gasteiger partial charge in [-0.2, -0.15) is 13.2 Å². The molecule has 1 rings (SSSR count). The van der Waals surface area contributed by atoms with Gasteiger partial charge >= 0.3 is 6.18 Å². The summed E-state index contributed by atoms with van der Waals surface area (Å²) in [5, 5.41) is 1.97. The molecule has 0 aromatic heterocycles. The maximum atomic E-state index is 12.4. The van der Waals surface area contributed by atoms with Crippen LogP contribution in [0.25, 0.3) is 0 Å². The van der Waals surface area contributed by atoms with E-state index in [4.69, 9.17) is 5.73 Å². The Bertz CT molecular complexity index is 235. The van der Waals surface area contributed by atoms with E-state index in [0.717, 1.165) is 0 Å². The number of carbonyl (C=O) groups is 1. The van der Waals surface area contributed by atoms with E-state index >= 15 is 0 Å². The second kappa shape index (κ2) is 3.42. The number of amides is 1. The van der Waals surface area contributed by atoms with E-state index < -0.39 is 23.7 Å². The fraction of sp³-hybridized carbons (Fsp3) is 0.875. The molecule has 0 aromatic rings. The first-order chi connectivity index (χ1) is 6.32. The molecule has 1 atom stereocenters. The second-order valence-corrected chi connectivity index (χ2v) is 3.58. The van der Waals surface area contributed by atoms with Gasteiger partial charge in [-0.25, -0.2) is 0 Å². The monoisotopic (exact) mass is 210 g/mol. The third-order valence-corrected chi connectivity index (χ3v) is 2.43. The maximum Gasteiger partial charge on any atom is 0.411 e. The normalized spacial score (nSPS) is 21.5. The molecule has 0 aromatic carbocycles. The Hall–Kier alpha value is -0.780. The van der Waals surface area contributed by atoms with Gasteiger partial charge in [0.2, 0.25) is 5.91 Å². The molecular weight excluding hydrogens is 197 g/mol. The van der Waals surface area contributed by atoms with Crippen LogP contribution in [0.1, 0.15) is 26.2 Å². The van der Waals surface area contributed by atoms with Gasteiger partial charge in [-0.05, 0) is 19.3 Å². The van der Waals surface area contributed by atoms with Crippen LogP contribution in [0.15, 0.2) is 0 Å². The molecular formula is C8H13F3N2O. The van der Waals surface area contributed by atoms with Crippen molar-refractivity contribution in [3.63, 3.8) is 0 Å². The Kier molecular flexibility index (Phi) is 2.76. The van der Waals surface area contributed by atoms with Crippen molar-refractivity contribution in [1.29, 1.82) is 0 Å². The molecule has 1 amide bonds. The Morgan fingerprint density at radius 2 is 2.07 bits per heavy atom. The molecule has 3 nitrogen and oxygen atoms in total. The Labute approximate surface area is 79.8 Å². The number of halogens is 3. The highest BCUT2D eigenvalue weighted by Gasteiger charge is 2.64. The number of alkyl halides is 3. The second-order valence-electron chi connectivity index (χ2n) is 3.58. The quantitative estimate of drug-likeness (QED) is 0.728. The van der Waals surface area contributed by atoms with E-state index in [1.165, 1.54) is 0 Å². The fourth-order valence-corrected chi connectivity index (χ4v) is 1.12. The summed E-state index contributed by atoms with van der Waals surface area (Å²) in [6.07, 6.45) is -4.12. The molecule has 1 aliphatic carbocycles. The number of hydrogen-bond donors (Lipinski definition) is 2. The van der Waals surface area contributed by atoms with Gasteiger partial charge in [0, 0.05) is 0 Å². The Morgan fingerprint density at radius 1 is 1.57 bits per heavy atom. The number of nitrogens with one attached hydrogen (secondary N) is 1. The molecule has 0 saturated heterocycles. The predicted octanol–water partition coefficient (Wildman–Crippen LogP) is 0.935. The molecule has 0 unspecified atom stereocenters. The van der Waals surface area contributed by atoms with Crippen LogP contribution in [0.5, 0.6) is 0 Å². The van der Waals surface area contributed by atoms with Crippen molar-refractivity contribution in [2.45, 2.75) is 43.9 Å². The minimum atomic E-state index is -4.36. The van der Waals surface area contributed by atoms with Crippen LogP contribution in [0.4, 0.5) is 13.2 Å². The summed E-state index contributed by atoms with van der Waals surface area (Å²) in [6.45, 7) is 1.65. The predicted molar refractivity (Wildman–Crippen MR) is 44.4 cm³/mol. The molecule has 82 valence electrons. The molecule has 0 bridgehead atoms. The lowest BCUT2D eigenvalue weighted by Crippen LogP contribution is -2.52. The van der Waals surface area contributed by atoms with Gasteiger partial charge in [0.05, 0.1) is 6.04 Å². The molecule has 0 radical (unpaired) electrons. The van der Waals surface area contributed by atoms with Crippen LogP contribution in [0.3, 0.4) is 0 Å². The molecule has 6 heteroatoms. The average Bonchev–Trinajstić information content (AvgIpc) is 2.82. The van der Waals surface area contributed by atoms with Crippen molar-refractivity contribution in [3.8, 4) is 0 Å². The van der Waals surface area contributed by atoms with E-state index in [1.54, 1.807) is 6.92 Å². The minimum absolute atomic E-state index is 0.0430. The highest BCUT2D eigenvalue weighted by atomic mass is 19.4. The topological polar surface area (TPSA) is 55.1 Å². The summed E-state index contributed by atoms with van der Waals surface area (Å²) in [7, 11) is 0. The van der Waals surface area contributed by atoms with Gasteiger partial charge in [0.25, 0.3) is 0 Å². The summed E-state index contributed by atoms with van der Waals surface area (Å²) < 4.78 is 37.1. The van der Waals surface area contributed by atoms with Gasteiger partial charge in [0.1, 0.15) is 5.54 Å². The summed E-state index contributed by atoms with van der Waals surface area (Å²) in [4.78, 5) is 11.1. The van der Waals surface area contributed by atoms with E-state index in [9.17, 15) is 18.0 Å². The largest absolute Gasteiger partial charge is 0.411 e. The number of carbonyl (C=O) groups excluding carboxylic acids is 1. The average molecular weight is 210 g/mol. The van der Waals surface area contributed by atoms with E-state index in [2.05, 4.69) is 0 Å². The zero-order valence-corrected chi connectivity index (χ0v) is 7.82. The molecule has 0 spiro atoms. The van der Waals surface area contributed by atoms with Gasteiger partial charge in [-0.3, -0.25) is 4.79 Å². The van der Waals surface area contributed by atoms with Crippen LogP contribution in [-0.4, -0.2) is 23.7 Å². The van der Waals surface area contributed by atoms with Crippen molar-refractivity contribution in [2.75, 3.05) is 0 Å². The van der Waals surface area contributed by atoms with E-state index in [0.29, 0.717) is 6.42 Å². The summed E-state index contributed by atoms with van der Waals surface area (Å²) >= 11 is 0. The van der Waals surface area contributed by atoms with Crippen molar-refractivity contribution in [1.82, 2.24) is 5.32 Å². The standard InChI is InChI=1S/C8H13F3N2O/c1-2-5(12)6(14)13-7(3-4-7)8(9,10)11/h5H,2-4,12H2,1H3,(H,13,14)/t5-/m1/s1. The zero-order valence-electron chi connectivity index (χ0n) is 7.82. The first-order valence-corrected chi connectivity index (χ1v) is 4.47. The Morgan fingerprint density at radius 3 is 2.36 bits per heavy atom. The zero-order chi connectivity index (χ0) is 11.0. The smallest absolute Gasteiger partial charge is 0.341 e. The maximum absolute atomic E-state index is 12.4. The van der Waals surface area contributed by atoms with Crippen LogP contribution < -0.4 is 11.1 Å². The Balaban J connectivity index is 2.57. The lowest BCUT2D eigenvalue weighted by atomic mass is 10.2. The molecule has 1 fully saturated rings. The summed E-state index contributed by atoms with van der Waals surface area (Å²) in [5.74, 6) is -0.720. The molecule has 14 heavy (non-hydrogen) atoms. The van der Waals surface area contributed by atoms with Gasteiger partial charge in [-0.1, -0.05) is 6.92 Å². The highest BCUT2D eigenvalue weighted by molar-refractivity contribution is 5.82. The van der Waals surface area contributed by atoms with Crippen LogP contribution in [0.2, 0.25) is 0 Å². The van der Waals surface area contributed by atoms with Crippen LogP contribution in [0, 0.1) is 0 Å². The van der Waals surface area contributed by atoms with Crippen molar-refractivity contribution >= 4 is 5.91 Å². The van der Waals surface area contributed by atoms with E-state index in [-0.39, 0.29) is 12.8 Å². The number of rotatable bonds is 3. The number of nitrogens with two attached hydrogens (primary N) is 1. The van der Waals surface area contributed by atoms with Crippen molar-refractivity contribution in [3.05, 3.63) is 0 Å². The SMILES string of the molecule is CC[C@@H](N)C(=O)NC1(C(F)(F)F)CC1. The minimum Gasteiger partial charge on any atom is -0.341 e. The summed E-state index contributed by atoms with van der Waals surface area (Å²) in [5.41, 5.74) is 3.33. The van der Waals surface area contributed by atoms with E-state index in [1.807, 2.05) is 5.32 Å². The van der Waals surface area contributed by atoms with Crippen LogP contribution >= 0.6 is 0 Å². The molecule has 0 aliphatic heterocycles. The molecule has 3 N–H and O–H groups in total. The van der Waals surface area contributed by atoms with Crippen LogP contribution in [-0.2, 0) is 4.79 Å². The van der Waals surface area contributed by atoms with Crippen molar-refractivity contribution < 1.29 is 18.0 Å². The van der Waals surface area contributed by atoms with Gasteiger partial charge in [0.15, 0.2) is 0 Å². The highest BCUT2D eigenvalue weighted by Crippen LogP contribution is 2.48. The molecule has 1 aliphatic rings. The lowest BCUT2D eigenvalue weighted by Gasteiger charge is -2.22. The first-order valence-electron chi connectivity index (χ1n) is 4.47. The van der Waals surface area contributed by atoms with Gasteiger partial charge < -0.3 is 11.1 Å². The molecule has 0 heterocycles. The molecule has 1 saturated carbocycles. The van der Waals surface area contributed by atoms with Gasteiger partial charge in [-0.15, -0.1) is 0 Å². The summed E-state index contributed by atoms with van der Waals surface area (Å²) in [6, 6.07) is -0.852. The van der Waals surface area contributed by atoms with Crippen molar-refractivity contribution in [2.24, 2.45) is 5.73 Å². The first kappa shape index (κ1) is 11.3. The number of hydrogen-bond acceptors (Lipinski definition) is 2. The third kappa shape index (κ3) is 2.00.